The normalized spacial score (nSPS) is 10.5. The number of halogens is 2. The molecule has 0 aliphatic carbocycles. The Bertz CT molecular complexity index is 982. The lowest BCUT2D eigenvalue weighted by Crippen LogP contribution is -2.07. The van der Waals surface area contributed by atoms with E-state index >= 15 is 0 Å². The first-order valence-corrected chi connectivity index (χ1v) is 8.51. The summed E-state index contributed by atoms with van der Waals surface area (Å²) in [5, 5.41) is 6.09. The fraction of sp³-hybridized carbons (Fsp3) is 0.200. The van der Waals surface area contributed by atoms with Crippen LogP contribution in [0.2, 0.25) is 0 Å². The average molecular weight is 386 g/mol. The van der Waals surface area contributed by atoms with Crippen molar-refractivity contribution in [2.24, 2.45) is 0 Å². The zero-order chi connectivity index (χ0) is 20.1. The molecule has 0 radical (unpaired) electrons. The zero-order valence-corrected chi connectivity index (χ0v) is 15.7. The largest absolute Gasteiger partial charge is 0.493 e. The molecule has 146 valence electrons. The molecule has 0 unspecified atom stereocenters. The van der Waals surface area contributed by atoms with E-state index < -0.39 is 11.6 Å². The van der Waals surface area contributed by atoms with Crippen LogP contribution in [0.3, 0.4) is 0 Å². The van der Waals surface area contributed by atoms with Crippen molar-refractivity contribution in [1.82, 2.24) is 9.97 Å². The van der Waals surface area contributed by atoms with Gasteiger partial charge >= 0.3 is 0 Å². The first-order valence-electron chi connectivity index (χ1n) is 8.51. The summed E-state index contributed by atoms with van der Waals surface area (Å²) in [4.78, 5) is 8.71. The average Bonchev–Trinajstić information content (AvgIpc) is 2.68. The molecule has 0 fully saturated rings. The molecule has 28 heavy (non-hydrogen) atoms. The Morgan fingerprint density at radius 3 is 2.39 bits per heavy atom. The van der Waals surface area contributed by atoms with Crippen molar-refractivity contribution in [3.8, 4) is 11.5 Å². The van der Waals surface area contributed by atoms with Gasteiger partial charge < -0.3 is 20.1 Å². The predicted octanol–water partition coefficient (Wildman–Crippen LogP) is 4.44. The molecule has 3 aromatic rings. The molecular weight excluding hydrogens is 366 g/mol. The van der Waals surface area contributed by atoms with Crippen molar-refractivity contribution < 1.29 is 18.3 Å². The maximum Gasteiger partial charge on any atom is 0.225 e. The highest BCUT2D eigenvalue weighted by atomic mass is 19.2. The molecule has 3 rings (SSSR count). The Kier molecular flexibility index (Phi) is 5.88. The number of methoxy groups -OCH3 is 2. The van der Waals surface area contributed by atoms with E-state index in [0.717, 1.165) is 23.4 Å². The highest BCUT2D eigenvalue weighted by Gasteiger charge is 2.08. The van der Waals surface area contributed by atoms with Crippen LogP contribution in [0, 0.1) is 18.6 Å². The second kappa shape index (κ2) is 8.51. The van der Waals surface area contributed by atoms with Gasteiger partial charge in [0.05, 0.1) is 14.2 Å². The minimum Gasteiger partial charge on any atom is -0.493 e. The number of ether oxygens (including phenoxy) is 2. The van der Waals surface area contributed by atoms with Gasteiger partial charge in [-0.1, -0.05) is 6.07 Å². The summed E-state index contributed by atoms with van der Waals surface area (Å²) >= 11 is 0. The highest BCUT2D eigenvalue weighted by Crippen LogP contribution is 2.28. The number of nitrogens with one attached hydrogen (secondary N) is 2. The van der Waals surface area contributed by atoms with Crippen molar-refractivity contribution in [1.29, 1.82) is 0 Å². The van der Waals surface area contributed by atoms with E-state index in [2.05, 4.69) is 20.6 Å². The van der Waals surface area contributed by atoms with Crippen LogP contribution in [0.15, 0.2) is 42.5 Å². The summed E-state index contributed by atoms with van der Waals surface area (Å²) in [6.45, 7) is 2.29. The zero-order valence-electron chi connectivity index (χ0n) is 15.7. The van der Waals surface area contributed by atoms with Gasteiger partial charge in [0.1, 0.15) is 5.82 Å². The first-order chi connectivity index (χ1) is 13.5. The summed E-state index contributed by atoms with van der Waals surface area (Å²) in [6.07, 6.45) is 0. The maximum absolute atomic E-state index is 13.4. The van der Waals surface area contributed by atoms with E-state index in [9.17, 15) is 8.78 Å². The van der Waals surface area contributed by atoms with E-state index in [0.29, 0.717) is 35.5 Å². The molecule has 0 saturated heterocycles. The SMILES string of the molecule is COc1ccc(CNc2nc(C)cc(Nc3ccc(F)c(F)c3)n2)cc1OC. The summed E-state index contributed by atoms with van der Waals surface area (Å²) < 4.78 is 37.0. The Hall–Kier alpha value is -3.42. The summed E-state index contributed by atoms with van der Waals surface area (Å²) in [5.74, 6) is 0.321. The molecule has 2 aromatic carbocycles. The summed E-state index contributed by atoms with van der Waals surface area (Å²) in [5.41, 5.74) is 2.07. The van der Waals surface area contributed by atoms with Crippen molar-refractivity contribution in [3.05, 3.63) is 65.4 Å². The van der Waals surface area contributed by atoms with Gasteiger partial charge in [0.25, 0.3) is 0 Å². The number of aromatic nitrogens is 2. The van der Waals surface area contributed by atoms with Crippen LogP contribution >= 0.6 is 0 Å². The quantitative estimate of drug-likeness (QED) is 0.626. The summed E-state index contributed by atoms with van der Waals surface area (Å²) in [7, 11) is 3.16. The second-order valence-corrected chi connectivity index (χ2v) is 6.01. The molecule has 8 heteroatoms. The van der Waals surface area contributed by atoms with Crippen molar-refractivity contribution in [2.45, 2.75) is 13.5 Å². The van der Waals surface area contributed by atoms with Crippen LogP contribution in [-0.2, 0) is 6.54 Å². The Morgan fingerprint density at radius 2 is 1.68 bits per heavy atom. The van der Waals surface area contributed by atoms with Crippen molar-refractivity contribution in [3.63, 3.8) is 0 Å². The standard InChI is InChI=1S/C20H20F2N4O2/c1-12-8-19(25-14-5-6-15(21)16(22)10-14)26-20(24-12)23-11-13-4-7-17(27-2)18(9-13)28-3/h4-10H,11H2,1-3H3,(H2,23,24,25,26). The molecule has 6 nitrogen and oxygen atoms in total. The topological polar surface area (TPSA) is 68.3 Å². The molecule has 0 saturated carbocycles. The first kappa shape index (κ1) is 19.3. The lowest BCUT2D eigenvalue weighted by atomic mass is 10.2. The van der Waals surface area contributed by atoms with Gasteiger partial charge in [0.15, 0.2) is 23.1 Å². The van der Waals surface area contributed by atoms with Gasteiger partial charge in [-0.25, -0.2) is 13.8 Å². The van der Waals surface area contributed by atoms with Gasteiger partial charge in [-0.15, -0.1) is 0 Å². The second-order valence-electron chi connectivity index (χ2n) is 6.01. The fourth-order valence-corrected chi connectivity index (χ4v) is 2.61. The van der Waals surface area contributed by atoms with Gasteiger partial charge in [-0.2, -0.15) is 4.98 Å². The molecule has 0 spiro atoms. The number of anilines is 3. The molecule has 1 aromatic heterocycles. The number of hydrogen-bond donors (Lipinski definition) is 2. The molecule has 0 atom stereocenters. The van der Waals surface area contributed by atoms with Gasteiger partial charge in [0, 0.05) is 30.1 Å². The van der Waals surface area contributed by atoms with Crippen LogP contribution < -0.4 is 20.1 Å². The lowest BCUT2D eigenvalue weighted by Gasteiger charge is -2.12. The molecule has 0 aliphatic heterocycles. The third kappa shape index (κ3) is 4.64. The monoisotopic (exact) mass is 386 g/mol. The van der Waals surface area contributed by atoms with Gasteiger partial charge in [-0.3, -0.25) is 0 Å². The molecule has 0 amide bonds. The predicted molar refractivity (Wildman–Crippen MR) is 103 cm³/mol. The summed E-state index contributed by atoms with van der Waals surface area (Å²) in [6, 6.07) is 10.9. The van der Waals surface area contributed by atoms with Crippen LogP contribution in [0.5, 0.6) is 11.5 Å². The number of aryl methyl sites for hydroxylation is 1. The number of rotatable bonds is 7. The van der Waals surface area contributed by atoms with E-state index in [1.54, 1.807) is 20.3 Å². The molecule has 2 N–H and O–H groups in total. The maximum atomic E-state index is 13.4. The third-order valence-electron chi connectivity index (χ3n) is 3.94. The fourth-order valence-electron chi connectivity index (χ4n) is 2.61. The van der Waals surface area contributed by atoms with Crippen LogP contribution in [-0.4, -0.2) is 24.2 Å². The van der Waals surface area contributed by atoms with E-state index in [1.807, 2.05) is 25.1 Å². The van der Waals surface area contributed by atoms with Crippen molar-refractivity contribution in [2.75, 3.05) is 24.9 Å². The van der Waals surface area contributed by atoms with E-state index in [4.69, 9.17) is 9.47 Å². The van der Waals surface area contributed by atoms with Crippen molar-refractivity contribution >= 4 is 17.5 Å². The van der Waals surface area contributed by atoms with Crippen LogP contribution in [0.1, 0.15) is 11.3 Å². The molecular formula is C20H20F2N4O2. The Labute approximate surface area is 161 Å². The lowest BCUT2D eigenvalue weighted by molar-refractivity contribution is 0.354. The van der Waals surface area contributed by atoms with Gasteiger partial charge in [-0.05, 0) is 36.8 Å². The molecule has 1 heterocycles. The van der Waals surface area contributed by atoms with Gasteiger partial charge in [0.2, 0.25) is 5.95 Å². The van der Waals surface area contributed by atoms with Crippen LogP contribution in [0.4, 0.5) is 26.2 Å². The Balaban J connectivity index is 1.73. The highest BCUT2D eigenvalue weighted by molar-refractivity contribution is 5.57. The number of hydrogen-bond acceptors (Lipinski definition) is 6. The third-order valence-corrected chi connectivity index (χ3v) is 3.94. The van der Waals surface area contributed by atoms with E-state index in [-0.39, 0.29) is 0 Å². The minimum absolute atomic E-state index is 0.392. The molecule has 0 bridgehead atoms. The van der Waals surface area contributed by atoms with E-state index in [1.165, 1.54) is 6.07 Å². The smallest absolute Gasteiger partial charge is 0.225 e. The molecule has 0 aliphatic rings. The Morgan fingerprint density at radius 1 is 0.893 bits per heavy atom. The number of benzene rings is 2. The minimum atomic E-state index is -0.928. The van der Waals surface area contributed by atoms with Crippen LogP contribution in [0.25, 0.3) is 0 Å². The number of nitrogens with zero attached hydrogens (tertiary/aromatic N) is 2.